The third-order valence-corrected chi connectivity index (χ3v) is 6.49. The molecule has 0 spiro atoms. The third-order valence-electron chi connectivity index (χ3n) is 5.58. The number of carbonyl (C=O) groups excluding carboxylic acids is 1. The molecule has 194 valence electrons. The fourth-order valence-electron chi connectivity index (χ4n) is 3.64. The van der Waals surface area contributed by atoms with Crippen molar-refractivity contribution < 1.29 is 28.2 Å². The second kappa shape index (κ2) is 15.5. The van der Waals surface area contributed by atoms with E-state index in [1.807, 2.05) is 6.07 Å². The van der Waals surface area contributed by atoms with Crippen molar-refractivity contribution in [3.8, 4) is 5.75 Å². The Kier molecular flexibility index (Phi) is 12.7. The molecule has 6 N–H and O–H groups in total. The first-order valence-corrected chi connectivity index (χ1v) is 13.5. The van der Waals surface area contributed by atoms with Gasteiger partial charge in [0.1, 0.15) is 5.75 Å². The first-order valence-electron chi connectivity index (χ1n) is 11.9. The standard InChI is InChI=1S/C25H37N3O6S/c26-35(32,33)22-10-6-8-20(16-22)9-7-15-34-14-5-3-1-2-4-13-27-18-25(31)21-11-12-24(30)23(17-21)28-19-29/h6,8,10-12,16-17,19,25,27,30-31H,1-5,7,9,13-15,18H2,(H,28,29)(H2,26,32,33)/t25-/m1/s1. The normalized spacial score (nSPS) is 12.4. The molecule has 10 heteroatoms. The van der Waals surface area contributed by atoms with Crippen molar-refractivity contribution in [3.05, 3.63) is 53.6 Å². The Morgan fingerprint density at radius 3 is 2.51 bits per heavy atom. The average molecular weight is 508 g/mol. The Bertz CT molecular complexity index is 1020. The van der Waals surface area contributed by atoms with Crippen LogP contribution in [0.1, 0.15) is 55.8 Å². The van der Waals surface area contributed by atoms with Crippen LogP contribution in [0.2, 0.25) is 0 Å². The van der Waals surface area contributed by atoms with Crippen LogP contribution in [-0.4, -0.2) is 51.3 Å². The lowest BCUT2D eigenvalue weighted by Crippen LogP contribution is -2.22. The summed E-state index contributed by atoms with van der Waals surface area (Å²) in [7, 11) is -3.67. The number of amides is 1. The summed E-state index contributed by atoms with van der Waals surface area (Å²) >= 11 is 0. The number of aliphatic hydroxyl groups is 1. The molecular formula is C25H37N3O6S. The molecule has 0 heterocycles. The molecule has 0 saturated heterocycles. The van der Waals surface area contributed by atoms with Gasteiger partial charge in [-0.1, -0.05) is 37.5 Å². The highest BCUT2D eigenvalue weighted by atomic mass is 32.2. The highest BCUT2D eigenvalue weighted by molar-refractivity contribution is 7.89. The number of benzene rings is 2. The van der Waals surface area contributed by atoms with E-state index in [0.29, 0.717) is 25.1 Å². The van der Waals surface area contributed by atoms with Gasteiger partial charge in [-0.2, -0.15) is 0 Å². The zero-order valence-electron chi connectivity index (χ0n) is 20.0. The molecule has 0 aliphatic heterocycles. The summed E-state index contributed by atoms with van der Waals surface area (Å²) in [6.45, 7) is 2.55. The monoisotopic (exact) mass is 507 g/mol. The molecule has 0 aliphatic rings. The number of phenolic OH excluding ortho intramolecular Hbond substituents is 1. The Labute approximate surface area is 207 Å². The van der Waals surface area contributed by atoms with E-state index in [0.717, 1.165) is 63.7 Å². The fraction of sp³-hybridized carbons (Fsp3) is 0.480. The van der Waals surface area contributed by atoms with Crippen LogP contribution in [0, 0.1) is 0 Å². The van der Waals surface area contributed by atoms with Gasteiger partial charge in [-0.3, -0.25) is 4.79 Å². The van der Waals surface area contributed by atoms with E-state index in [-0.39, 0.29) is 16.3 Å². The molecule has 1 atom stereocenters. The molecule has 0 fully saturated rings. The van der Waals surface area contributed by atoms with Crippen molar-refractivity contribution in [2.45, 2.75) is 55.9 Å². The predicted molar refractivity (Wildman–Crippen MR) is 136 cm³/mol. The molecule has 0 aromatic heterocycles. The molecule has 0 unspecified atom stereocenters. The second-order valence-electron chi connectivity index (χ2n) is 8.43. The lowest BCUT2D eigenvalue weighted by atomic mass is 10.1. The van der Waals surface area contributed by atoms with Crippen LogP contribution in [-0.2, 0) is 26.0 Å². The maximum atomic E-state index is 11.4. The number of aryl methyl sites for hydroxylation is 1. The second-order valence-corrected chi connectivity index (χ2v) is 10.00. The minimum absolute atomic E-state index is 0.0421. The molecule has 0 bridgehead atoms. The van der Waals surface area contributed by atoms with Gasteiger partial charge in [-0.05, 0) is 67.6 Å². The van der Waals surface area contributed by atoms with Gasteiger partial charge in [0.25, 0.3) is 0 Å². The highest BCUT2D eigenvalue weighted by Gasteiger charge is 2.10. The lowest BCUT2D eigenvalue weighted by Gasteiger charge is -2.14. The van der Waals surface area contributed by atoms with E-state index in [1.165, 1.54) is 12.1 Å². The van der Waals surface area contributed by atoms with Crippen LogP contribution in [0.5, 0.6) is 5.75 Å². The van der Waals surface area contributed by atoms with Gasteiger partial charge in [-0.15, -0.1) is 0 Å². The van der Waals surface area contributed by atoms with Crippen molar-refractivity contribution in [3.63, 3.8) is 0 Å². The van der Waals surface area contributed by atoms with E-state index in [9.17, 15) is 23.4 Å². The van der Waals surface area contributed by atoms with Crippen LogP contribution < -0.4 is 15.8 Å². The first-order chi connectivity index (χ1) is 16.8. The maximum Gasteiger partial charge on any atom is 0.238 e. The van der Waals surface area contributed by atoms with E-state index in [2.05, 4.69) is 10.6 Å². The van der Waals surface area contributed by atoms with Gasteiger partial charge in [0.15, 0.2) is 0 Å². The number of hydrogen-bond acceptors (Lipinski definition) is 7. The molecular weight excluding hydrogens is 470 g/mol. The number of aliphatic hydroxyl groups excluding tert-OH is 1. The summed E-state index contributed by atoms with van der Waals surface area (Å²) in [6, 6.07) is 11.3. The van der Waals surface area contributed by atoms with Gasteiger partial charge in [0, 0.05) is 19.8 Å². The predicted octanol–water partition coefficient (Wildman–Crippen LogP) is 2.83. The first kappa shape index (κ1) is 28.7. The molecule has 35 heavy (non-hydrogen) atoms. The van der Waals surface area contributed by atoms with E-state index >= 15 is 0 Å². The van der Waals surface area contributed by atoms with Gasteiger partial charge < -0.3 is 25.6 Å². The van der Waals surface area contributed by atoms with Gasteiger partial charge in [-0.25, -0.2) is 13.6 Å². The van der Waals surface area contributed by atoms with Crippen LogP contribution in [0.15, 0.2) is 47.4 Å². The molecule has 0 aliphatic carbocycles. The Hall–Kier alpha value is -2.50. The Balaban J connectivity index is 1.45. The van der Waals surface area contributed by atoms with Crippen molar-refractivity contribution in [1.82, 2.24) is 5.32 Å². The minimum Gasteiger partial charge on any atom is -0.506 e. The number of carbonyl (C=O) groups is 1. The van der Waals surface area contributed by atoms with E-state index in [4.69, 9.17) is 9.88 Å². The molecule has 2 aromatic rings. The summed E-state index contributed by atoms with van der Waals surface area (Å²) < 4.78 is 28.5. The average Bonchev–Trinajstić information content (AvgIpc) is 2.83. The summed E-state index contributed by atoms with van der Waals surface area (Å²) in [4.78, 5) is 10.7. The fourth-order valence-corrected chi connectivity index (χ4v) is 4.22. The lowest BCUT2D eigenvalue weighted by molar-refractivity contribution is -0.105. The van der Waals surface area contributed by atoms with E-state index in [1.54, 1.807) is 24.3 Å². The number of aromatic hydroxyl groups is 1. The Morgan fingerprint density at radius 2 is 1.74 bits per heavy atom. The van der Waals surface area contributed by atoms with Gasteiger partial charge in [0.05, 0.1) is 16.7 Å². The van der Waals surface area contributed by atoms with Crippen LogP contribution >= 0.6 is 0 Å². The number of unbranched alkanes of at least 4 members (excludes halogenated alkanes) is 4. The molecule has 9 nitrogen and oxygen atoms in total. The number of hydrogen-bond donors (Lipinski definition) is 5. The van der Waals surface area contributed by atoms with Crippen molar-refractivity contribution in [1.29, 1.82) is 0 Å². The molecule has 1 amide bonds. The SMILES string of the molecule is NS(=O)(=O)c1cccc(CCCOCCCCCCCNC[C@@H](O)c2ccc(O)c(NC=O)c2)c1. The molecule has 2 rings (SSSR count). The zero-order chi connectivity index (χ0) is 25.5. The van der Waals surface area contributed by atoms with Crippen LogP contribution in [0.4, 0.5) is 5.69 Å². The number of anilines is 1. The van der Waals surface area contributed by atoms with Gasteiger partial charge in [0.2, 0.25) is 16.4 Å². The highest BCUT2D eigenvalue weighted by Crippen LogP contribution is 2.26. The van der Waals surface area contributed by atoms with Crippen molar-refractivity contribution in [2.75, 3.05) is 31.6 Å². The minimum atomic E-state index is -3.67. The number of nitrogens with one attached hydrogen (secondary N) is 2. The quantitative estimate of drug-likeness (QED) is 0.118. The number of phenols is 1. The largest absolute Gasteiger partial charge is 0.506 e. The summed E-state index contributed by atoms with van der Waals surface area (Å²) in [5, 5.41) is 30.7. The maximum absolute atomic E-state index is 11.4. The van der Waals surface area contributed by atoms with Crippen molar-refractivity contribution in [2.24, 2.45) is 5.14 Å². The smallest absolute Gasteiger partial charge is 0.238 e. The van der Waals surface area contributed by atoms with Crippen LogP contribution in [0.25, 0.3) is 0 Å². The van der Waals surface area contributed by atoms with Gasteiger partial charge >= 0.3 is 0 Å². The summed E-state index contributed by atoms with van der Waals surface area (Å²) in [5.41, 5.74) is 1.83. The third kappa shape index (κ3) is 11.2. The number of nitrogens with two attached hydrogens (primary N) is 1. The van der Waals surface area contributed by atoms with E-state index < -0.39 is 16.1 Å². The number of primary sulfonamides is 1. The van der Waals surface area contributed by atoms with Crippen LogP contribution in [0.3, 0.4) is 0 Å². The summed E-state index contributed by atoms with van der Waals surface area (Å²) in [6.07, 6.45) is 6.65. The number of rotatable bonds is 18. The molecule has 0 radical (unpaired) electrons. The Morgan fingerprint density at radius 1 is 1.00 bits per heavy atom. The molecule has 0 saturated carbocycles. The zero-order valence-corrected chi connectivity index (χ0v) is 20.8. The van der Waals surface area contributed by atoms with Crippen molar-refractivity contribution >= 4 is 22.1 Å². The summed E-state index contributed by atoms with van der Waals surface area (Å²) in [5.74, 6) is -0.0421. The number of sulfonamides is 1. The topological polar surface area (TPSA) is 151 Å². The molecule has 2 aromatic carbocycles. The number of ether oxygens (including phenoxy) is 1.